The summed E-state index contributed by atoms with van der Waals surface area (Å²) in [7, 11) is 2.87. The van der Waals surface area contributed by atoms with Crippen molar-refractivity contribution >= 4 is 11.9 Å². The predicted octanol–water partition coefficient (Wildman–Crippen LogP) is 3.73. The van der Waals surface area contributed by atoms with Gasteiger partial charge in [0.05, 0.1) is 20.1 Å². The first-order chi connectivity index (χ1) is 9.52. The number of hydrogen-bond acceptors (Lipinski definition) is 4. The van der Waals surface area contributed by atoms with Crippen LogP contribution in [0.3, 0.4) is 0 Å². The lowest BCUT2D eigenvalue weighted by molar-refractivity contribution is -0.146. The van der Waals surface area contributed by atoms with Crippen molar-refractivity contribution in [1.29, 1.82) is 0 Å². The third-order valence-electron chi connectivity index (χ3n) is 3.94. The summed E-state index contributed by atoms with van der Waals surface area (Å²) in [5, 5.41) is 0. The molecule has 118 valence electrons. The fourth-order valence-electron chi connectivity index (χ4n) is 2.21. The fourth-order valence-corrected chi connectivity index (χ4v) is 2.21. The van der Waals surface area contributed by atoms with Crippen LogP contribution < -0.4 is 0 Å². The molecule has 0 aromatic rings. The SMILES string of the molecule is COC(=O)CCCCCCCCC(C)C(C)C(=O)OC. The maximum absolute atomic E-state index is 11.4. The molecule has 4 nitrogen and oxygen atoms in total. The van der Waals surface area contributed by atoms with Crippen molar-refractivity contribution in [2.24, 2.45) is 11.8 Å². The Morgan fingerprint density at radius 1 is 0.850 bits per heavy atom. The summed E-state index contributed by atoms with van der Waals surface area (Å²) in [5.74, 6) is 0.137. The highest BCUT2D eigenvalue weighted by Crippen LogP contribution is 2.20. The van der Waals surface area contributed by atoms with Gasteiger partial charge < -0.3 is 9.47 Å². The normalized spacial score (nSPS) is 13.6. The van der Waals surface area contributed by atoms with Gasteiger partial charge in [0, 0.05) is 6.42 Å². The molecule has 0 aliphatic heterocycles. The zero-order chi connectivity index (χ0) is 15.4. The van der Waals surface area contributed by atoms with Crippen LogP contribution in [0.15, 0.2) is 0 Å². The summed E-state index contributed by atoms with van der Waals surface area (Å²) in [6.07, 6.45) is 8.31. The molecule has 0 heterocycles. The monoisotopic (exact) mass is 286 g/mol. The number of carbonyl (C=O) groups is 2. The molecular weight excluding hydrogens is 256 g/mol. The first-order valence-electron chi connectivity index (χ1n) is 7.67. The van der Waals surface area contributed by atoms with Gasteiger partial charge in [-0.05, 0) is 18.8 Å². The second-order valence-corrected chi connectivity index (χ2v) is 5.53. The van der Waals surface area contributed by atoms with Crippen molar-refractivity contribution < 1.29 is 19.1 Å². The summed E-state index contributed by atoms with van der Waals surface area (Å²) in [4.78, 5) is 22.3. The van der Waals surface area contributed by atoms with E-state index in [0.717, 1.165) is 32.1 Å². The molecule has 0 fully saturated rings. The molecule has 0 bridgehead atoms. The van der Waals surface area contributed by atoms with Gasteiger partial charge in [-0.3, -0.25) is 9.59 Å². The van der Waals surface area contributed by atoms with E-state index in [1.807, 2.05) is 6.92 Å². The molecule has 0 N–H and O–H groups in total. The van der Waals surface area contributed by atoms with Gasteiger partial charge in [-0.15, -0.1) is 0 Å². The maximum atomic E-state index is 11.4. The van der Waals surface area contributed by atoms with Crippen LogP contribution >= 0.6 is 0 Å². The number of carbonyl (C=O) groups excluding carboxylic acids is 2. The van der Waals surface area contributed by atoms with E-state index >= 15 is 0 Å². The van der Waals surface area contributed by atoms with E-state index < -0.39 is 0 Å². The zero-order valence-electron chi connectivity index (χ0n) is 13.4. The van der Waals surface area contributed by atoms with Crippen LogP contribution in [0, 0.1) is 11.8 Å². The van der Waals surface area contributed by atoms with Gasteiger partial charge in [-0.25, -0.2) is 0 Å². The third kappa shape index (κ3) is 8.94. The molecule has 0 spiro atoms. The Morgan fingerprint density at radius 3 is 1.95 bits per heavy atom. The van der Waals surface area contributed by atoms with E-state index in [-0.39, 0.29) is 17.9 Å². The number of ether oxygens (including phenoxy) is 2. The third-order valence-corrected chi connectivity index (χ3v) is 3.94. The second-order valence-electron chi connectivity index (χ2n) is 5.53. The summed E-state index contributed by atoms with van der Waals surface area (Å²) < 4.78 is 9.35. The Morgan fingerprint density at radius 2 is 1.40 bits per heavy atom. The van der Waals surface area contributed by atoms with Crippen molar-refractivity contribution in [3.8, 4) is 0 Å². The molecule has 0 aromatic carbocycles. The van der Waals surface area contributed by atoms with E-state index in [0.29, 0.717) is 12.3 Å². The van der Waals surface area contributed by atoms with Crippen molar-refractivity contribution in [3.63, 3.8) is 0 Å². The highest BCUT2D eigenvalue weighted by molar-refractivity contribution is 5.72. The molecule has 0 aromatic heterocycles. The largest absolute Gasteiger partial charge is 0.469 e. The van der Waals surface area contributed by atoms with Gasteiger partial charge in [0.2, 0.25) is 0 Å². The Bertz CT molecular complexity index is 276. The minimum absolute atomic E-state index is 0.0138. The van der Waals surface area contributed by atoms with Gasteiger partial charge in [0.25, 0.3) is 0 Å². The van der Waals surface area contributed by atoms with Gasteiger partial charge in [-0.2, -0.15) is 0 Å². The molecule has 0 radical (unpaired) electrons. The lowest BCUT2D eigenvalue weighted by Crippen LogP contribution is -2.20. The molecule has 0 saturated heterocycles. The summed E-state index contributed by atoms with van der Waals surface area (Å²) in [5.41, 5.74) is 0. The van der Waals surface area contributed by atoms with E-state index in [4.69, 9.17) is 4.74 Å². The molecule has 0 aliphatic carbocycles. The first-order valence-corrected chi connectivity index (χ1v) is 7.67. The molecule has 0 aliphatic rings. The Hall–Kier alpha value is -1.06. The standard InChI is InChI=1S/C16H30O4/c1-13(14(2)16(18)20-4)11-9-7-5-6-8-10-12-15(17)19-3/h13-14H,5-12H2,1-4H3. The van der Waals surface area contributed by atoms with Crippen LogP contribution in [0.2, 0.25) is 0 Å². The molecule has 4 heteroatoms. The van der Waals surface area contributed by atoms with Crippen LogP contribution in [-0.4, -0.2) is 26.2 Å². The summed E-state index contributed by atoms with van der Waals surface area (Å²) >= 11 is 0. The van der Waals surface area contributed by atoms with Crippen LogP contribution in [-0.2, 0) is 19.1 Å². The van der Waals surface area contributed by atoms with Crippen molar-refractivity contribution in [1.82, 2.24) is 0 Å². The molecule has 0 amide bonds. The molecule has 20 heavy (non-hydrogen) atoms. The number of rotatable bonds is 11. The topological polar surface area (TPSA) is 52.6 Å². The average molecular weight is 286 g/mol. The van der Waals surface area contributed by atoms with Gasteiger partial charge in [-0.1, -0.05) is 46.0 Å². The zero-order valence-corrected chi connectivity index (χ0v) is 13.4. The summed E-state index contributed by atoms with van der Waals surface area (Å²) in [6, 6.07) is 0. The van der Waals surface area contributed by atoms with Crippen LogP contribution in [0.4, 0.5) is 0 Å². The van der Waals surface area contributed by atoms with Crippen molar-refractivity contribution in [3.05, 3.63) is 0 Å². The van der Waals surface area contributed by atoms with Crippen LogP contribution in [0.1, 0.15) is 65.2 Å². The maximum Gasteiger partial charge on any atom is 0.308 e. The molecule has 0 rings (SSSR count). The van der Waals surface area contributed by atoms with E-state index in [1.54, 1.807) is 0 Å². The first kappa shape index (κ1) is 18.9. The number of hydrogen-bond donors (Lipinski definition) is 0. The number of unbranched alkanes of at least 4 members (excludes halogenated alkanes) is 5. The van der Waals surface area contributed by atoms with E-state index in [2.05, 4.69) is 11.7 Å². The smallest absolute Gasteiger partial charge is 0.308 e. The summed E-state index contributed by atoms with van der Waals surface area (Å²) in [6.45, 7) is 4.04. The second kappa shape index (κ2) is 11.7. The highest BCUT2D eigenvalue weighted by Gasteiger charge is 2.19. The van der Waals surface area contributed by atoms with Gasteiger partial charge in [0.15, 0.2) is 0 Å². The van der Waals surface area contributed by atoms with Crippen molar-refractivity contribution in [2.45, 2.75) is 65.2 Å². The molecule has 2 atom stereocenters. The van der Waals surface area contributed by atoms with E-state index in [9.17, 15) is 9.59 Å². The lowest BCUT2D eigenvalue weighted by atomic mass is 9.90. The molecule has 2 unspecified atom stereocenters. The average Bonchev–Trinajstić information content (AvgIpc) is 2.47. The Labute approximate surface area is 123 Å². The minimum atomic E-state index is -0.115. The van der Waals surface area contributed by atoms with Crippen molar-refractivity contribution in [2.75, 3.05) is 14.2 Å². The molecule has 0 saturated carbocycles. The van der Waals surface area contributed by atoms with Crippen LogP contribution in [0.5, 0.6) is 0 Å². The van der Waals surface area contributed by atoms with Gasteiger partial charge in [0.1, 0.15) is 0 Å². The lowest BCUT2D eigenvalue weighted by Gasteiger charge is -2.17. The quantitative estimate of drug-likeness (QED) is 0.429. The minimum Gasteiger partial charge on any atom is -0.469 e. The Balaban J connectivity index is 3.44. The predicted molar refractivity (Wildman–Crippen MR) is 79.3 cm³/mol. The number of esters is 2. The number of methoxy groups -OCH3 is 2. The molecular formula is C16H30O4. The van der Waals surface area contributed by atoms with Crippen LogP contribution in [0.25, 0.3) is 0 Å². The Kier molecular flexibility index (Phi) is 11.1. The fraction of sp³-hybridized carbons (Fsp3) is 0.875. The van der Waals surface area contributed by atoms with Gasteiger partial charge >= 0.3 is 11.9 Å². The highest BCUT2D eigenvalue weighted by atomic mass is 16.5. The van der Waals surface area contributed by atoms with E-state index in [1.165, 1.54) is 27.1 Å².